The van der Waals surface area contributed by atoms with Crippen LogP contribution in [0, 0.1) is 0 Å². The average molecular weight is 420 g/mol. The first-order valence-corrected chi connectivity index (χ1v) is 10.3. The molecule has 8 nitrogen and oxygen atoms in total. The van der Waals surface area contributed by atoms with Gasteiger partial charge in [-0.3, -0.25) is 4.79 Å². The highest BCUT2D eigenvalue weighted by Gasteiger charge is 2.08. The van der Waals surface area contributed by atoms with Crippen molar-refractivity contribution >= 4 is 11.9 Å². The number of nitrogens with one attached hydrogen (secondary N) is 2. The zero-order valence-electron chi connectivity index (χ0n) is 18.2. The number of hydrogen-bond donors (Lipinski definition) is 2. The number of guanidine groups is 1. The Bertz CT molecular complexity index is 1010. The van der Waals surface area contributed by atoms with Crippen LogP contribution in [0.4, 0.5) is 0 Å². The van der Waals surface area contributed by atoms with Gasteiger partial charge in [-0.2, -0.15) is 5.10 Å². The number of nitrogens with zero attached hydrogens (tertiary/aromatic N) is 5. The minimum absolute atomic E-state index is 0.0107. The molecule has 0 aliphatic carbocycles. The molecule has 0 spiro atoms. The Morgan fingerprint density at radius 3 is 2.71 bits per heavy atom. The van der Waals surface area contributed by atoms with Gasteiger partial charge >= 0.3 is 0 Å². The van der Waals surface area contributed by atoms with Gasteiger partial charge in [0.1, 0.15) is 0 Å². The number of hydrogen-bond acceptors (Lipinski definition) is 4. The molecule has 0 saturated heterocycles. The lowest BCUT2D eigenvalue weighted by atomic mass is 10.1. The van der Waals surface area contributed by atoms with Gasteiger partial charge in [0.2, 0.25) is 0 Å². The number of aliphatic imine (C=N–C) groups is 1. The second-order valence-electron chi connectivity index (χ2n) is 7.24. The minimum atomic E-state index is 0.0107. The van der Waals surface area contributed by atoms with E-state index in [-0.39, 0.29) is 5.91 Å². The maximum Gasteiger partial charge on any atom is 0.253 e. The number of benzene rings is 1. The summed E-state index contributed by atoms with van der Waals surface area (Å²) in [5.74, 6) is 1.53. The van der Waals surface area contributed by atoms with Crippen molar-refractivity contribution in [1.82, 2.24) is 30.3 Å². The average Bonchev–Trinajstić information content (AvgIpc) is 3.32. The van der Waals surface area contributed by atoms with Crippen molar-refractivity contribution in [3.05, 3.63) is 77.7 Å². The number of pyridine rings is 1. The Kier molecular flexibility index (Phi) is 7.75. The van der Waals surface area contributed by atoms with Crippen molar-refractivity contribution in [1.29, 1.82) is 0 Å². The highest BCUT2D eigenvalue weighted by Crippen LogP contribution is 2.09. The molecule has 8 heteroatoms. The molecular formula is C23H29N7O. The SMILES string of the molecule is CCNC(=NCc1ccnc(-n2cccn2)c1)NCCc1cccc(C(=O)N(C)C)c1. The molecule has 3 rings (SSSR count). The van der Waals surface area contributed by atoms with Gasteiger partial charge in [0.05, 0.1) is 6.54 Å². The van der Waals surface area contributed by atoms with Gasteiger partial charge in [-0.25, -0.2) is 14.7 Å². The summed E-state index contributed by atoms with van der Waals surface area (Å²) >= 11 is 0. The van der Waals surface area contributed by atoms with Crippen LogP contribution < -0.4 is 10.6 Å². The molecule has 31 heavy (non-hydrogen) atoms. The second kappa shape index (κ2) is 10.9. The molecule has 3 aromatic rings. The summed E-state index contributed by atoms with van der Waals surface area (Å²) < 4.78 is 1.73. The first kappa shape index (κ1) is 22.0. The first-order valence-electron chi connectivity index (χ1n) is 10.3. The zero-order valence-corrected chi connectivity index (χ0v) is 18.2. The molecule has 0 saturated carbocycles. The van der Waals surface area contributed by atoms with Crippen molar-refractivity contribution in [2.75, 3.05) is 27.2 Å². The van der Waals surface area contributed by atoms with E-state index < -0.39 is 0 Å². The fourth-order valence-corrected chi connectivity index (χ4v) is 3.04. The molecule has 0 aliphatic heterocycles. The Morgan fingerprint density at radius 2 is 1.97 bits per heavy atom. The molecule has 1 amide bonds. The van der Waals surface area contributed by atoms with Crippen LogP contribution in [0.15, 0.2) is 66.0 Å². The normalized spacial score (nSPS) is 11.3. The van der Waals surface area contributed by atoms with Gasteiger partial charge < -0.3 is 15.5 Å². The Morgan fingerprint density at radius 1 is 1.10 bits per heavy atom. The molecule has 2 heterocycles. The summed E-state index contributed by atoms with van der Waals surface area (Å²) in [5.41, 5.74) is 2.86. The van der Waals surface area contributed by atoms with E-state index in [9.17, 15) is 4.79 Å². The van der Waals surface area contributed by atoms with Gasteiger partial charge in [-0.15, -0.1) is 0 Å². The highest BCUT2D eigenvalue weighted by atomic mass is 16.2. The third-order valence-corrected chi connectivity index (χ3v) is 4.60. The lowest BCUT2D eigenvalue weighted by molar-refractivity contribution is 0.0827. The third kappa shape index (κ3) is 6.40. The van der Waals surface area contributed by atoms with Crippen LogP contribution in [-0.4, -0.2) is 58.7 Å². The van der Waals surface area contributed by atoms with E-state index >= 15 is 0 Å². The highest BCUT2D eigenvalue weighted by molar-refractivity contribution is 5.94. The molecule has 0 fully saturated rings. The van der Waals surface area contributed by atoms with Crippen LogP contribution in [-0.2, 0) is 13.0 Å². The van der Waals surface area contributed by atoms with E-state index in [1.54, 1.807) is 36.1 Å². The molecule has 162 valence electrons. The molecule has 2 N–H and O–H groups in total. The van der Waals surface area contributed by atoms with Crippen LogP contribution in [0.1, 0.15) is 28.4 Å². The number of carbonyl (C=O) groups is 1. The zero-order chi connectivity index (χ0) is 22.1. The maximum absolute atomic E-state index is 12.2. The van der Waals surface area contributed by atoms with E-state index in [1.807, 2.05) is 55.6 Å². The van der Waals surface area contributed by atoms with Crippen LogP contribution in [0.5, 0.6) is 0 Å². The molecule has 0 aliphatic rings. The van der Waals surface area contributed by atoms with E-state index in [4.69, 9.17) is 0 Å². The number of rotatable bonds is 8. The number of carbonyl (C=O) groups excluding carboxylic acids is 1. The predicted molar refractivity (Wildman–Crippen MR) is 122 cm³/mol. The Labute approximate surface area is 183 Å². The van der Waals surface area contributed by atoms with E-state index in [1.165, 1.54) is 0 Å². The maximum atomic E-state index is 12.2. The molecule has 1 aromatic carbocycles. The van der Waals surface area contributed by atoms with Crippen LogP contribution >= 0.6 is 0 Å². The van der Waals surface area contributed by atoms with E-state index in [0.29, 0.717) is 18.7 Å². The molecule has 0 bridgehead atoms. The quantitative estimate of drug-likeness (QED) is 0.432. The second-order valence-corrected chi connectivity index (χ2v) is 7.24. The van der Waals surface area contributed by atoms with Crippen molar-refractivity contribution in [3.8, 4) is 5.82 Å². The molecule has 2 aromatic heterocycles. The summed E-state index contributed by atoms with van der Waals surface area (Å²) in [6.07, 6.45) is 6.15. The monoisotopic (exact) mass is 419 g/mol. The van der Waals surface area contributed by atoms with E-state index in [2.05, 4.69) is 25.7 Å². The summed E-state index contributed by atoms with van der Waals surface area (Å²) in [4.78, 5) is 22.8. The molecule has 0 atom stereocenters. The third-order valence-electron chi connectivity index (χ3n) is 4.60. The van der Waals surface area contributed by atoms with E-state index in [0.717, 1.165) is 35.9 Å². The Balaban J connectivity index is 1.59. The van der Waals surface area contributed by atoms with Crippen LogP contribution in [0.3, 0.4) is 0 Å². The first-order chi connectivity index (χ1) is 15.1. The Hall–Kier alpha value is -3.68. The van der Waals surface area contributed by atoms with Crippen molar-refractivity contribution in [2.24, 2.45) is 4.99 Å². The molecular weight excluding hydrogens is 390 g/mol. The standard InChI is InChI=1S/C23H29N7O/c1-4-24-23(26-13-9-18-7-5-8-20(15-18)22(31)29(2)3)27-17-19-10-12-25-21(16-19)30-14-6-11-28-30/h5-8,10-12,14-16H,4,9,13,17H2,1-3H3,(H2,24,26,27). The van der Waals surface area contributed by atoms with Crippen molar-refractivity contribution in [2.45, 2.75) is 19.9 Å². The van der Waals surface area contributed by atoms with Crippen molar-refractivity contribution in [3.63, 3.8) is 0 Å². The molecule has 0 radical (unpaired) electrons. The lowest BCUT2D eigenvalue weighted by Gasteiger charge is -2.13. The largest absolute Gasteiger partial charge is 0.357 e. The van der Waals surface area contributed by atoms with Gasteiger partial charge in [-0.05, 0) is 54.8 Å². The fourth-order valence-electron chi connectivity index (χ4n) is 3.04. The summed E-state index contributed by atoms with van der Waals surface area (Å²) in [5, 5.41) is 10.9. The lowest BCUT2D eigenvalue weighted by Crippen LogP contribution is -2.38. The topological polar surface area (TPSA) is 87.4 Å². The molecule has 0 unspecified atom stereocenters. The summed E-state index contributed by atoms with van der Waals surface area (Å²) in [6.45, 7) is 4.04. The number of aromatic nitrogens is 3. The van der Waals surface area contributed by atoms with Gasteiger partial charge in [0.25, 0.3) is 5.91 Å². The summed E-state index contributed by atoms with van der Waals surface area (Å²) in [7, 11) is 3.52. The van der Waals surface area contributed by atoms with Gasteiger partial charge in [-0.1, -0.05) is 12.1 Å². The fraction of sp³-hybridized carbons (Fsp3) is 0.304. The van der Waals surface area contributed by atoms with Crippen molar-refractivity contribution < 1.29 is 4.79 Å². The van der Waals surface area contributed by atoms with Crippen LogP contribution in [0.25, 0.3) is 5.82 Å². The van der Waals surface area contributed by atoms with Crippen LogP contribution in [0.2, 0.25) is 0 Å². The summed E-state index contributed by atoms with van der Waals surface area (Å²) in [6, 6.07) is 13.5. The van der Waals surface area contributed by atoms with Gasteiger partial charge in [0.15, 0.2) is 11.8 Å². The predicted octanol–water partition coefficient (Wildman–Crippen LogP) is 2.27. The smallest absolute Gasteiger partial charge is 0.253 e. The number of amides is 1. The minimum Gasteiger partial charge on any atom is -0.357 e. The van der Waals surface area contributed by atoms with Gasteiger partial charge in [0, 0.05) is 51.3 Å².